The quantitative estimate of drug-likeness (QED) is 0.851. The van der Waals surface area contributed by atoms with Gasteiger partial charge in [0.15, 0.2) is 0 Å². The number of benzene rings is 2. The van der Waals surface area contributed by atoms with E-state index in [4.69, 9.17) is 10.5 Å². The molecular formula is C19H23N3O2. The van der Waals surface area contributed by atoms with Crippen LogP contribution in [0, 0.1) is 0 Å². The van der Waals surface area contributed by atoms with Crippen LogP contribution in [0.25, 0.3) is 0 Å². The minimum absolute atomic E-state index is 0.0585. The molecular weight excluding hydrogens is 302 g/mol. The lowest BCUT2D eigenvalue weighted by molar-refractivity contribution is 0.0954. The number of fused-ring (bicyclic) bond motifs is 1. The van der Waals surface area contributed by atoms with Crippen molar-refractivity contribution in [1.82, 2.24) is 10.2 Å². The number of amides is 1. The molecule has 3 rings (SSSR count). The van der Waals surface area contributed by atoms with E-state index < -0.39 is 0 Å². The molecule has 0 atom stereocenters. The van der Waals surface area contributed by atoms with Gasteiger partial charge in [0, 0.05) is 38.3 Å². The molecule has 5 nitrogen and oxygen atoms in total. The average Bonchev–Trinajstić information content (AvgIpc) is 3.01. The van der Waals surface area contributed by atoms with E-state index in [0.717, 1.165) is 25.4 Å². The van der Waals surface area contributed by atoms with Gasteiger partial charge in [0.25, 0.3) is 5.91 Å². The molecule has 5 heteroatoms. The lowest BCUT2D eigenvalue weighted by Crippen LogP contribution is -2.29. The van der Waals surface area contributed by atoms with Crippen molar-refractivity contribution in [2.24, 2.45) is 5.73 Å². The highest BCUT2D eigenvalue weighted by atomic mass is 16.5. The number of nitrogens with zero attached hydrogens (tertiary/aromatic N) is 1. The van der Waals surface area contributed by atoms with Crippen molar-refractivity contribution in [2.75, 3.05) is 20.2 Å². The Morgan fingerprint density at radius 3 is 2.62 bits per heavy atom. The third-order valence-electron chi connectivity index (χ3n) is 4.25. The summed E-state index contributed by atoms with van der Waals surface area (Å²) in [6, 6.07) is 14.1. The van der Waals surface area contributed by atoms with Crippen LogP contribution in [0.2, 0.25) is 0 Å². The molecule has 0 spiro atoms. The number of carbonyl (C=O) groups is 1. The van der Waals surface area contributed by atoms with Crippen LogP contribution in [0.5, 0.6) is 5.75 Å². The van der Waals surface area contributed by atoms with Crippen LogP contribution in [-0.2, 0) is 19.6 Å². The number of methoxy groups -OCH3 is 1. The van der Waals surface area contributed by atoms with Gasteiger partial charge in [0.05, 0.1) is 7.11 Å². The Kier molecular flexibility index (Phi) is 5.13. The van der Waals surface area contributed by atoms with Crippen LogP contribution < -0.4 is 15.8 Å². The molecule has 1 aliphatic heterocycles. The number of rotatable bonds is 6. The van der Waals surface area contributed by atoms with Crippen LogP contribution in [-0.4, -0.2) is 31.0 Å². The fourth-order valence-electron chi connectivity index (χ4n) is 3.00. The first kappa shape index (κ1) is 16.5. The molecule has 0 saturated carbocycles. The molecule has 2 aromatic carbocycles. The summed E-state index contributed by atoms with van der Waals surface area (Å²) in [5, 5.41) is 2.81. The normalized spacial score (nSPS) is 13.6. The van der Waals surface area contributed by atoms with E-state index in [1.165, 1.54) is 16.7 Å². The van der Waals surface area contributed by atoms with Gasteiger partial charge in [0.1, 0.15) is 5.75 Å². The van der Waals surface area contributed by atoms with Crippen LogP contribution in [0.1, 0.15) is 27.0 Å². The van der Waals surface area contributed by atoms with E-state index in [2.05, 4.69) is 28.4 Å². The third-order valence-corrected chi connectivity index (χ3v) is 4.25. The highest BCUT2D eigenvalue weighted by Crippen LogP contribution is 2.26. The molecule has 0 aromatic heterocycles. The first-order valence-electron chi connectivity index (χ1n) is 8.15. The molecule has 1 aliphatic rings. The molecule has 0 saturated heterocycles. The topological polar surface area (TPSA) is 67.6 Å². The second-order valence-corrected chi connectivity index (χ2v) is 6.02. The molecule has 1 amide bonds. The monoisotopic (exact) mass is 325 g/mol. The van der Waals surface area contributed by atoms with Gasteiger partial charge in [-0.3, -0.25) is 9.69 Å². The van der Waals surface area contributed by atoms with Crippen molar-refractivity contribution >= 4 is 5.91 Å². The van der Waals surface area contributed by atoms with Gasteiger partial charge in [0.2, 0.25) is 0 Å². The average molecular weight is 325 g/mol. The van der Waals surface area contributed by atoms with E-state index in [1.807, 2.05) is 24.3 Å². The number of nitrogens with two attached hydrogens (primary N) is 1. The zero-order valence-electron chi connectivity index (χ0n) is 13.9. The van der Waals surface area contributed by atoms with E-state index in [1.54, 1.807) is 7.11 Å². The van der Waals surface area contributed by atoms with Crippen molar-refractivity contribution in [1.29, 1.82) is 0 Å². The van der Waals surface area contributed by atoms with Crippen molar-refractivity contribution in [3.8, 4) is 5.75 Å². The zero-order chi connectivity index (χ0) is 16.9. The Hall–Kier alpha value is -2.37. The Morgan fingerprint density at radius 1 is 1.17 bits per heavy atom. The number of ether oxygens (including phenoxy) is 1. The molecule has 0 fully saturated rings. The van der Waals surface area contributed by atoms with Crippen LogP contribution in [0.3, 0.4) is 0 Å². The molecule has 1 heterocycles. The second-order valence-electron chi connectivity index (χ2n) is 6.02. The summed E-state index contributed by atoms with van der Waals surface area (Å²) in [4.78, 5) is 14.4. The minimum atomic E-state index is -0.0585. The van der Waals surface area contributed by atoms with Gasteiger partial charge in [-0.05, 0) is 41.0 Å². The number of hydrogen-bond acceptors (Lipinski definition) is 4. The van der Waals surface area contributed by atoms with Gasteiger partial charge in [-0.25, -0.2) is 0 Å². The van der Waals surface area contributed by atoms with E-state index >= 15 is 0 Å². The summed E-state index contributed by atoms with van der Waals surface area (Å²) >= 11 is 0. The number of hydrogen-bond donors (Lipinski definition) is 2. The maximum absolute atomic E-state index is 12.0. The fraction of sp³-hybridized carbons (Fsp3) is 0.316. The van der Waals surface area contributed by atoms with Crippen LogP contribution >= 0.6 is 0 Å². The SMILES string of the molecule is COc1ccc(CN2Cc3ccc(C(=O)NCCN)cc3C2)cc1. The summed E-state index contributed by atoms with van der Waals surface area (Å²) in [5.41, 5.74) is 9.90. The standard InChI is InChI=1S/C19H23N3O2/c1-24-18-6-2-14(3-7-18)11-22-12-16-5-4-15(10-17(16)13-22)19(23)21-9-8-20/h2-7,10H,8-9,11-13,20H2,1H3,(H,21,23). The molecule has 0 aliphatic carbocycles. The number of carbonyl (C=O) groups excluding carboxylic acids is 1. The predicted molar refractivity (Wildman–Crippen MR) is 93.8 cm³/mol. The zero-order valence-corrected chi connectivity index (χ0v) is 13.9. The predicted octanol–water partition coefficient (Wildman–Crippen LogP) is 1.90. The van der Waals surface area contributed by atoms with Crippen molar-refractivity contribution in [3.05, 3.63) is 64.7 Å². The van der Waals surface area contributed by atoms with E-state index in [9.17, 15) is 4.79 Å². The highest BCUT2D eigenvalue weighted by molar-refractivity contribution is 5.94. The van der Waals surface area contributed by atoms with Crippen molar-refractivity contribution < 1.29 is 9.53 Å². The fourth-order valence-corrected chi connectivity index (χ4v) is 3.00. The second kappa shape index (κ2) is 7.47. The summed E-state index contributed by atoms with van der Waals surface area (Å²) in [7, 11) is 1.67. The Bertz CT molecular complexity index is 713. The Balaban J connectivity index is 1.64. The summed E-state index contributed by atoms with van der Waals surface area (Å²) < 4.78 is 5.19. The summed E-state index contributed by atoms with van der Waals surface area (Å²) in [5.74, 6) is 0.813. The summed E-state index contributed by atoms with van der Waals surface area (Å²) in [6.07, 6.45) is 0. The lowest BCUT2D eigenvalue weighted by Gasteiger charge is -2.14. The van der Waals surface area contributed by atoms with Crippen molar-refractivity contribution in [2.45, 2.75) is 19.6 Å². The largest absolute Gasteiger partial charge is 0.497 e. The molecule has 0 unspecified atom stereocenters. The van der Waals surface area contributed by atoms with Gasteiger partial charge in [-0.2, -0.15) is 0 Å². The Labute approximate surface area is 142 Å². The van der Waals surface area contributed by atoms with E-state index in [0.29, 0.717) is 18.7 Å². The molecule has 0 bridgehead atoms. The van der Waals surface area contributed by atoms with Gasteiger partial charge < -0.3 is 15.8 Å². The first-order valence-corrected chi connectivity index (χ1v) is 8.15. The third kappa shape index (κ3) is 3.75. The van der Waals surface area contributed by atoms with Crippen molar-refractivity contribution in [3.63, 3.8) is 0 Å². The number of nitrogens with one attached hydrogen (secondary N) is 1. The lowest BCUT2D eigenvalue weighted by atomic mass is 10.1. The first-order chi connectivity index (χ1) is 11.7. The highest BCUT2D eigenvalue weighted by Gasteiger charge is 2.20. The molecule has 2 aromatic rings. The van der Waals surface area contributed by atoms with Gasteiger partial charge >= 0.3 is 0 Å². The van der Waals surface area contributed by atoms with Gasteiger partial charge in [-0.15, -0.1) is 0 Å². The maximum atomic E-state index is 12.0. The Morgan fingerprint density at radius 2 is 1.92 bits per heavy atom. The molecule has 3 N–H and O–H groups in total. The smallest absolute Gasteiger partial charge is 0.251 e. The molecule has 0 radical (unpaired) electrons. The van der Waals surface area contributed by atoms with Gasteiger partial charge in [-0.1, -0.05) is 18.2 Å². The summed E-state index contributed by atoms with van der Waals surface area (Å²) in [6.45, 7) is 3.60. The maximum Gasteiger partial charge on any atom is 0.251 e. The molecule has 126 valence electrons. The van der Waals surface area contributed by atoms with E-state index in [-0.39, 0.29) is 5.91 Å². The van der Waals surface area contributed by atoms with Crippen LogP contribution in [0.4, 0.5) is 0 Å². The minimum Gasteiger partial charge on any atom is -0.497 e. The van der Waals surface area contributed by atoms with Crippen LogP contribution in [0.15, 0.2) is 42.5 Å². The molecule has 24 heavy (non-hydrogen) atoms.